The van der Waals surface area contributed by atoms with Crippen LogP contribution in [0.1, 0.15) is 28.4 Å². The van der Waals surface area contributed by atoms with Crippen LogP contribution in [0.3, 0.4) is 0 Å². The highest BCUT2D eigenvalue weighted by molar-refractivity contribution is 8.03. The molecule has 0 aliphatic carbocycles. The maximum Gasteiger partial charge on any atom is 0.216 e. The van der Waals surface area contributed by atoms with E-state index >= 15 is 0 Å². The maximum absolute atomic E-state index is 13.0. The number of anilines is 1. The third-order valence-electron chi connectivity index (χ3n) is 4.08. The molecule has 3 rings (SSSR count). The Morgan fingerprint density at radius 3 is 2.11 bits per heavy atom. The molecule has 2 aromatic rings. The van der Waals surface area contributed by atoms with Crippen molar-refractivity contribution in [3.63, 3.8) is 0 Å². The van der Waals surface area contributed by atoms with Gasteiger partial charge in [0.15, 0.2) is 5.78 Å². The Hall–Kier alpha value is -0.260. The zero-order chi connectivity index (χ0) is 20.7. The molecule has 0 atom stereocenters. The van der Waals surface area contributed by atoms with Gasteiger partial charge in [-0.3, -0.25) is 4.79 Å². The number of hydrogen-bond donors (Lipinski definition) is 0. The van der Waals surface area contributed by atoms with Crippen LogP contribution in [-0.2, 0) is 7.59 Å². The first-order valence-corrected chi connectivity index (χ1v) is 11.2. The molecule has 0 N–H and O–H groups in total. The van der Waals surface area contributed by atoms with E-state index in [0.29, 0.717) is 0 Å². The van der Waals surface area contributed by atoms with Gasteiger partial charge in [0, 0.05) is 34.2 Å². The second-order valence-corrected chi connectivity index (χ2v) is 11.6. The number of hydrogen-bond acceptors (Lipinski definition) is 3. The van der Waals surface area contributed by atoms with Crippen LogP contribution in [0.25, 0.3) is 0 Å². The van der Waals surface area contributed by atoms with Gasteiger partial charge in [0.2, 0.25) is 7.59 Å². The molecule has 0 spiro atoms. The number of para-hydroxylation sites is 1. The lowest BCUT2D eigenvalue weighted by Gasteiger charge is -2.19. The summed E-state index contributed by atoms with van der Waals surface area (Å²) in [6.07, 6.45) is 1.55. The summed E-state index contributed by atoms with van der Waals surface area (Å²) in [7, 11) is 0. The molecule has 148 valence electrons. The van der Waals surface area contributed by atoms with E-state index in [4.69, 9.17) is 69.6 Å². The van der Waals surface area contributed by atoms with E-state index in [-0.39, 0.29) is 22.5 Å². The Morgan fingerprint density at radius 1 is 1.00 bits per heavy atom. The average Bonchev–Trinajstić information content (AvgIpc) is 2.96. The van der Waals surface area contributed by atoms with Crippen molar-refractivity contribution in [2.45, 2.75) is 19.4 Å². The van der Waals surface area contributed by atoms with Crippen molar-refractivity contribution in [2.75, 3.05) is 11.4 Å². The monoisotopic (exact) mass is 513 g/mol. The third-order valence-corrected chi connectivity index (χ3v) is 6.50. The number of ketones is 1. The summed E-state index contributed by atoms with van der Waals surface area (Å²) in [4.78, 5) is 16.1. The fourth-order valence-corrected chi connectivity index (χ4v) is 4.59. The first kappa shape index (κ1) is 22.4. The molecule has 28 heavy (non-hydrogen) atoms. The molecule has 9 heteroatoms. The summed E-state index contributed by atoms with van der Waals surface area (Å²) in [6.45, 7) is 2.74. The van der Waals surface area contributed by atoms with Gasteiger partial charge in [-0.25, -0.2) is 0 Å². The van der Waals surface area contributed by atoms with E-state index in [2.05, 4.69) is 4.90 Å². The number of carbonyl (C=O) groups is 1. The first-order valence-electron chi connectivity index (χ1n) is 8.10. The van der Waals surface area contributed by atoms with Crippen LogP contribution in [0.2, 0.25) is 0 Å². The van der Waals surface area contributed by atoms with E-state index in [0.717, 1.165) is 22.2 Å². The van der Waals surface area contributed by atoms with Crippen molar-refractivity contribution in [1.82, 2.24) is 0 Å². The standard InChI is InChI=1S/C19H13Cl6NOS/c1-2-26-14-5-3-4-6-16(14)28-17(26)10-15(27)11-7-12(18(20,21)22)9-13(8-11)19(23,24)25/h3-10H,2H2,1H3/b17-10-. The maximum atomic E-state index is 13.0. The molecular formula is C19H13Cl6NOS. The Kier molecular flexibility index (Phi) is 6.78. The van der Waals surface area contributed by atoms with E-state index in [1.165, 1.54) is 30.0 Å². The van der Waals surface area contributed by atoms with E-state index < -0.39 is 7.59 Å². The summed E-state index contributed by atoms with van der Waals surface area (Å²) in [5, 5.41) is 0.809. The number of alkyl halides is 6. The minimum atomic E-state index is -1.76. The third kappa shape index (κ3) is 4.89. The van der Waals surface area contributed by atoms with E-state index in [9.17, 15) is 4.79 Å². The molecule has 2 nitrogen and oxygen atoms in total. The molecule has 0 bridgehead atoms. The van der Waals surface area contributed by atoms with Crippen LogP contribution < -0.4 is 4.90 Å². The molecule has 0 unspecified atom stereocenters. The Morgan fingerprint density at radius 2 is 1.57 bits per heavy atom. The van der Waals surface area contributed by atoms with Crippen molar-refractivity contribution in [3.05, 3.63) is 70.3 Å². The number of thioether (sulfide) groups is 1. The Balaban J connectivity index is 2.02. The largest absolute Gasteiger partial charge is 0.335 e. The molecule has 0 radical (unpaired) electrons. The lowest BCUT2D eigenvalue weighted by molar-refractivity contribution is 0.104. The van der Waals surface area contributed by atoms with Crippen LogP contribution in [0.5, 0.6) is 0 Å². The van der Waals surface area contributed by atoms with Gasteiger partial charge in [-0.1, -0.05) is 93.5 Å². The molecule has 0 amide bonds. The van der Waals surface area contributed by atoms with Crippen LogP contribution >= 0.6 is 81.4 Å². The highest BCUT2D eigenvalue weighted by atomic mass is 35.6. The Labute approximate surface area is 197 Å². The van der Waals surface area contributed by atoms with E-state index in [1.54, 1.807) is 6.08 Å². The summed E-state index contributed by atoms with van der Waals surface area (Å²) in [5.41, 5.74) is 1.83. The minimum Gasteiger partial charge on any atom is -0.335 e. The number of fused-ring (bicyclic) bond motifs is 1. The predicted octanol–water partition coefficient (Wildman–Crippen LogP) is 8.00. The number of carbonyl (C=O) groups excluding carboxylic acids is 1. The van der Waals surface area contributed by atoms with Gasteiger partial charge >= 0.3 is 0 Å². The van der Waals surface area contributed by atoms with Crippen molar-refractivity contribution in [2.24, 2.45) is 0 Å². The van der Waals surface area contributed by atoms with Crippen LogP contribution in [-0.4, -0.2) is 12.3 Å². The molecule has 1 aliphatic rings. The number of benzene rings is 2. The highest BCUT2D eigenvalue weighted by Gasteiger charge is 2.31. The molecular weight excluding hydrogens is 503 g/mol. The molecule has 0 saturated carbocycles. The number of allylic oxidation sites excluding steroid dienone is 1. The predicted molar refractivity (Wildman–Crippen MR) is 123 cm³/mol. The lowest BCUT2D eigenvalue weighted by atomic mass is 10.0. The molecule has 2 aromatic carbocycles. The summed E-state index contributed by atoms with van der Waals surface area (Å²) in [5.74, 6) is -0.277. The molecule has 0 fully saturated rings. The number of rotatable bonds is 3. The smallest absolute Gasteiger partial charge is 0.216 e. The number of nitrogens with zero attached hydrogens (tertiary/aromatic N) is 1. The van der Waals surface area contributed by atoms with Crippen molar-refractivity contribution >= 4 is 92.8 Å². The topological polar surface area (TPSA) is 20.3 Å². The van der Waals surface area contributed by atoms with Crippen molar-refractivity contribution in [3.8, 4) is 0 Å². The molecule has 1 aliphatic heterocycles. The quantitative estimate of drug-likeness (QED) is 0.234. The summed E-state index contributed by atoms with van der Waals surface area (Å²) in [6, 6.07) is 12.4. The van der Waals surface area contributed by atoms with Crippen LogP contribution in [0.15, 0.2) is 58.5 Å². The Bertz CT molecular complexity index is 916. The van der Waals surface area contributed by atoms with E-state index in [1.807, 2.05) is 31.2 Å². The van der Waals surface area contributed by atoms with Crippen LogP contribution in [0.4, 0.5) is 5.69 Å². The van der Waals surface area contributed by atoms with Gasteiger partial charge in [0.25, 0.3) is 0 Å². The number of halogens is 6. The van der Waals surface area contributed by atoms with Crippen molar-refractivity contribution < 1.29 is 4.79 Å². The van der Waals surface area contributed by atoms with Crippen molar-refractivity contribution in [1.29, 1.82) is 0 Å². The second-order valence-electron chi connectivity index (χ2n) is 5.96. The van der Waals surface area contributed by atoms with Gasteiger partial charge in [-0.15, -0.1) is 0 Å². The summed E-state index contributed by atoms with van der Waals surface area (Å²) < 4.78 is -3.52. The molecule has 0 aromatic heterocycles. The SMILES string of the molecule is CCN1/C(=C/C(=O)c2cc(C(Cl)(Cl)Cl)cc(C(Cl)(Cl)Cl)c2)Sc2ccccc21. The molecule has 0 saturated heterocycles. The fourth-order valence-electron chi connectivity index (χ4n) is 2.78. The zero-order valence-electron chi connectivity index (χ0n) is 14.4. The zero-order valence-corrected chi connectivity index (χ0v) is 19.7. The van der Waals surface area contributed by atoms with Crippen LogP contribution in [0, 0.1) is 0 Å². The normalized spacial score (nSPS) is 15.8. The first-order chi connectivity index (χ1) is 13.0. The highest BCUT2D eigenvalue weighted by Crippen LogP contribution is 2.46. The van der Waals surface area contributed by atoms with Gasteiger partial charge < -0.3 is 4.90 Å². The van der Waals surface area contributed by atoms with Gasteiger partial charge in [-0.2, -0.15) is 0 Å². The van der Waals surface area contributed by atoms with Gasteiger partial charge in [-0.05, 0) is 37.3 Å². The van der Waals surface area contributed by atoms with Gasteiger partial charge in [0.1, 0.15) is 0 Å². The lowest BCUT2D eigenvalue weighted by Crippen LogP contribution is -2.17. The second kappa shape index (κ2) is 8.47. The minimum absolute atomic E-state index is 0.248. The van der Waals surface area contributed by atoms with Gasteiger partial charge in [0.05, 0.1) is 10.7 Å². The summed E-state index contributed by atoms with van der Waals surface area (Å²) >= 11 is 37.5. The fraction of sp³-hybridized carbons (Fsp3) is 0.211. The average molecular weight is 516 g/mol. The molecule has 1 heterocycles.